The van der Waals surface area contributed by atoms with Crippen LogP contribution in [0, 0.1) is 0 Å². The van der Waals surface area contributed by atoms with Crippen LogP contribution in [0.1, 0.15) is 36.5 Å². The number of anilines is 2. The minimum atomic E-state index is -0.908. The predicted octanol–water partition coefficient (Wildman–Crippen LogP) is 2.35. The van der Waals surface area contributed by atoms with E-state index in [4.69, 9.17) is 5.73 Å². The van der Waals surface area contributed by atoms with E-state index in [9.17, 15) is 9.90 Å². The van der Waals surface area contributed by atoms with Gasteiger partial charge < -0.3 is 15.7 Å². The molecule has 0 amide bonds. The number of carbonyl (C=O) groups is 1. The van der Waals surface area contributed by atoms with Crippen LogP contribution < -0.4 is 10.6 Å². The van der Waals surface area contributed by atoms with Gasteiger partial charge in [0.25, 0.3) is 0 Å². The standard InChI is InChI=1S/C13H18N2O2/c1-2-10-4-3-7-15(10)12-6-5-9(14)8-11(12)13(16)17/h5-6,8,10H,2-4,7,14H2,1H3,(H,16,17). The van der Waals surface area contributed by atoms with E-state index in [0.717, 1.165) is 31.5 Å². The molecule has 1 fully saturated rings. The molecule has 0 spiro atoms. The molecule has 4 nitrogen and oxygen atoms in total. The van der Waals surface area contributed by atoms with Gasteiger partial charge in [-0.25, -0.2) is 4.79 Å². The lowest BCUT2D eigenvalue weighted by atomic mass is 10.1. The molecule has 1 atom stereocenters. The highest BCUT2D eigenvalue weighted by atomic mass is 16.4. The van der Waals surface area contributed by atoms with E-state index in [0.29, 0.717) is 17.3 Å². The Bertz CT molecular complexity index is 431. The molecule has 17 heavy (non-hydrogen) atoms. The second kappa shape index (κ2) is 4.65. The van der Waals surface area contributed by atoms with Gasteiger partial charge >= 0.3 is 5.97 Å². The van der Waals surface area contributed by atoms with Crippen LogP contribution in [0.15, 0.2) is 18.2 Å². The van der Waals surface area contributed by atoms with Crippen molar-refractivity contribution >= 4 is 17.3 Å². The maximum absolute atomic E-state index is 11.2. The number of carboxylic acid groups (broad SMARTS) is 1. The van der Waals surface area contributed by atoms with E-state index < -0.39 is 5.97 Å². The molecular weight excluding hydrogens is 216 g/mol. The molecule has 1 aromatic rings. The Labute approximate surface area is 101 Å². The summed E-state index contributed by atoms with van der Waals surface area (Å²) in [5.41, 5.74) is 7.26. The molecule has 0 bridgehead atoms. The summed E-state index contributed by atoms with van der Waals surface area (Å²) in [4.78, 5) is 13.4. The van der Waals surface area contributed by atoms with Crippen LogP contribution in [-0.4, -0.2) is 23.7 Å². The van der Waals surface area contributed by atoms with Gasteiger partial charge in [0.05, 0.1) is 11.3 Å². The van der Waals surface area contributed by atoms with Gasteiger partial charge in [0.15, 0.2) is 0 Å². The minimum absolute atomic E-state index is 0.311. The van der Waals surface area contributed by atoms with Crippen molar-refractivity contribution in [2.24, 2.45) is 0 Å². The number of benzene rings is 1. The van der Waals surface area contributed by atoms with E-state index in [1.165, 1.54) is 0 Å². The summed E-state index contributed by atoms with van der Waals surface area (Å²) in [5.74, 6) is -0.908. The van der Waals surface area contributed by atoms with Crippen LogP contribution in [-0.2, 0) is 0 Å². The van der Waals surface area contributed by atoms with E-state index in [1.807, 2.05) is 6.07 Å². The zero-order valence-electron chi connectivity index (χ0n) is 10.0. The summed E-state index contributed by atoms with van der Waals surface area (Å²) < 4.78 is 0. The van der Waals surface area contributed by atoms with E-state index >= 15 is 0 Å². The molecule has 1 unspecified atom stereocenters. The van der Waals surface area contributed by atoms with Gasteiger partial charge in [-0.15, -0.1) is 0 Å². The van der Waals surface area contributed by atoms with Crippen LogP contribution in [0.4, 0.5) is 11.4 Å². The lowest BCUT2D eigenvalue weighted by Gasteiger charge is -2.27. The molecule has 0 aliphatic carbocycles. The minimum Gasteiger partial charge on any atom is -0.478 e. The maximum Gasteiger partial charge on any atom is 0.337 e. The Kier molecular flexibility index (Phi) is 3.22. The van der Waals surface area contributed by atoms with Gasteiger partial charge in [-0.1, -0.05) is 6.92 Å². The molecule has 1 aliphatic heterocycles. The molecule has 0 radical (unpaired) electrons. The fourth-order valence-corrected chi connectivity index (χ4v) is 2.55. The van der Waals surface area contributed by atoms with Crippen molar-refractivity contribution in [1.82, 2.24) is 0 Å². The quantitative estimate of drug-likeness (QED) is 0.788. The van der Waals surface area contributed by atoms with Crippen LogP contribution in [0.3, 0.4) is 0 Å². The first kappa shape index (κ1) is 11.8. The Balaban J connectivity index is 2.40. The fourth-order valence-electron chi connectivity index (χ4n) is 2.55. The number of hydrogen-bond donors (Lipinski definition) is 2. The highest BCUT2D eigenvalue weighted by Crippen LogP contribution is 2.31. The molecule has 92 valence electrons. The smallest absolute Gasteiger partial charge is 0.337 e. The average Bonchev–Trinajstić information content (AvgIpc) is 2.76. The lowest BCUT2D eigenvalue weighted by molar-refractivity contribution is 0.0697. The lowest BCUT2D eigenvalue weighted by Crippen LogP contribution is -2.30. The van der Waals surface area contributed by atoms with Crippen LogP contribution >= 0.6 is 0 Å². The van der Waals surface area contributed by atoms with Crippen molar-refractivity contribution in [3.05, 3.63) is 23.8 Å². The van der Waals surface area contributed by atoms with Crippen LogP contribution in [0.5, 0.6) is 0 Å². The van der Waals surface area contributed by atoms with E-state index in [1.54, 1.807) is 12.1 Å². The summed E-state index contributed by atoms with van der Waals surface area (Å²) in [5, 5.41) is 9.23. The van der Waals surface area contributed by atoms with Gasteiger partial charge in [0, 0.05) is 18.3 Å². The average molecular weight is 234 g/mol. The molecule has 3 N–H and O–H groups in total. The zero-order valence-corrected chi connectivity index (χ0v) is 10.0. The molecular formula is C13H18N2O2. The molecule has 1 saturated heterocycles. The first-order valence-corrected chi connectivity index (χ1v) is 6.03. The number of aromatic carboxylic acids is 1. The van der Waals surface area contributed by atoms with Gasteiger partial charge in [-0.2, -0.15) is 0 Å². The van der Waals surface area contributed by atoms with Gasteiger partial charge in [0.1, 0.15) is 0 Å². The van der Waals surface area contributed by atoms with Crippen molar-refractivity contribution in [2.45, 2.75) is 32.2 Å². The maximum atomic E-state index is 11.2. The second-order valence-electron chi connectivity index (χ2n) is 4.48. The Morgan fingerprint density at radius 2 is 2.35 bits per heavy atom. The van der Waals surface area contributed by atoms with E-state index in [-0.39, 0.29) is 0 Å². The molecule has 0 saturated carbocycles. The molecule has 4 heteroatoms. The Hall–Kier alpha value is -1.71. The molecule has 1 heterocycles. The highest BCUT2D eigenvalue weighted by Gasteiger charge is 2.26. The Morgan fingerprint density at radius 1 is 1.59 bits per heavy atom. The van der Waals surface area contributed by atoms with Gasteiger partial charge in [0.2, 0.25) is 0 Å². The van der Waals surface area contributed by atoms with Gasteiger partial charge in [-0.05, 0) is 37.5 Å². The highest BCUT2D eigenvalue weighted by molar-refractivity contribution is 5.95. The summed E-state index contributed by atoms with van der Waals surface area (Å²) in [7, 11) is 0. The number of nitrogen functional groups attached to an aromatic ring is 1. The zero-order chi connectivity index (χ0) is 12.4. The summed E-state index contributed by atoms with van der Waals surface area (Å²) in [6.07, 6.45) is 3.31. The number of hydrogen-bond acceptors (Lipinski definition) is 3. The Morgan fingerprint density at radius 3 is 3.00 bits per heavy atom. The summed E-state index contributed by atoms with van der Waals surface area (Å²) in [6, 6.07) is 5.60. The molecule has 2 rings (SSSR count). The predicted molar refractivity (Wildman–Crippen MR) is 68.5 cm³/mol. The number of nitrogens with two attached hydrogens (primary N) is 1. The number of rotatable bonds is 3. The number of carboxylic acids is 1. The monoisotopic (exact) mass is 234 g/mol. The normalized spacial score (nSPS) is 19.6. The first-order chi connectivity index (χ1) is 8.13. The van der Waals surface area contributed by atoms with Crippen LogP contribution in [0.25, 0.3) is 0 Å². The van der Waals surface area contributed by atoms with Crippen molar-refractivity contribution in [3.8, 4) is 0 Å². The first-order valence-electron chi connectivity index (χ1n) is 6.03. The van der Waals surface area contributed by atoms with Crippen LogP contribution in [0.2, 0.25) is 0 Å². The van der Waals surface area contributed by atoms with Crippen molar-refractivity contribution < 1.29 is 9.90 Å². The number of nitrogens with zero attached hydrogens (tertiary/aromatic N) is 1. The fraction of sp³-hybridized carbons (Fsp3) is 0.462. The topological polar surface area (TPSA) is 66.6 Å². The third kappa shape index (κ3) is 2.20. The van der Waals surface area contributed by atoms with Crippen molar-refractivity contribution in [2.75, 3.05) is 17.2 Å². The third-order valence-electron chi connectivity index (χ3n) is 3.41. The second-order valence-corrected chi connectivity index (χ2v) is 4.48. The van der Waals surface area contributed by atoms with Gasteiger partial charge in [-0.3, -0.25) is 0 Å². The van der Waals surface area contributed by atoms with Crippen molar-refractivity contribution in [3.63, 3.8) is 0 Å². The molecule has 1 aromatic carbocycles. The van der Waals surface area contributed by atoms with E-state index in [2.05, 4.69) is 11.8 Å². The third-order valence-corrected chi connectivity index (χ3v) is 3.41. The largest absolute Gasteiger partial charge is 0.478 e. The molecule has 0 aromatic heterocycles. The summed E-state index contributed by atoms with van der Waals surface area (Å²) >= 11 is 0. The van der Waals surface area contributed by atoms with Crippen molar-refractivity contribution in [1.29, 1.82) is 0 Å². The SMILES string of the molecule is CCC1CCCN1c1ccc(N)cc1C(=O)O. The molecule has 1 aliphatic rings. The summed E-state index contributed by atoms with van der Waals surface area (Å²) in [6.45, 7) is 3.07.